The lowest BCUT2D eigenvalue weighted by atomic mass is 9.89. The van der Waals surface area contributed by atoms with Crippen LogP contribution in [0.25, 0.3) is 0 Å². The Hall–Kier alpha value is -0.170. The molecule has 3 unspecified atom stereocenters. The van der Waals surface area contributed by atoms with Crippen molar-refractivity contribution in [3.05, 3.63) is 0 Å². The maximum atomic E-state index is 12.2. The van der Waals surface area contributed by atoms with E-state index in [4.69, 9.17) is 0 Å². The molecule has 0 amide bonds. The van der Waals surface area contributed by atoms with Gasteiger partial charge < -0.3 is 5.32 Å². The van der Waals surface area contributed by atoms with Crippen molar-refractivity contribution in [3.63, 3.8) is 0 Å². The van der Waals surface area contributed by atoms with Gasteiger partial charge in [-0.25, -0.2) is 4.72 Å². The zero-order chi connectivity index (χ0) is 14.9. The third kappa shape index (κ3) is 4.18. The molecule has 122 valence electrons. The quantitative estimate of drug-likeness (QED) is 0.631. The average Bonchev–Trinajstić information content (AvgIpc) is 3.04. The van der Waals surface area contributed by atoms with E-state index in [9.17, 15) is 8.42 Å². The molecule has 2 bridgehead atoms. The van der Waals surface area contributed by atoms with E-state index in [1.807, 2.05) is 0 Å². The molecular weight excluding hydrogens is 286 g/mol. The van der Waals surface area contributed by atoms with Crippen molar-refractivity contribution in [2.75, 3.05) is 26.7 Å². The van der Waals surface area contributed by atoms with Crippen LogP contribution in [-0.4, -0.2) is 45.4 Å². The maximum absolute atomic E-state index is 12.2. The Labute approximate surface area is 129 Å². The van der Waals surface area contributed by atoms with Gasteiger partial charge in [-0.05, 0) is 62.8 Å². The molecule has 3 saturated carbocycles. The fraction of sp³-hybridized carbons (Fsp3) is 1.00. The zero-order valence-corrected chi connectivity index (χ0v) is 13.9. The van der Waals surface area contributed by atoms with Crippen molar-refractivity contribution in [3.8, 4) is 0 Å². The molecule has 3 aliphatic carbocycles. The molecule has 5 nitrogen and oxygen atoms in total. The molecular formula is C15H29N3O2S. The van der Waals surface area contributed by atoms with E-state index in [-0.39, 0.29) is 0 Å². The SMILES string of the molecule is CN(CCCNC1CC1)S(=O)(=O)NCC1CC2CCC1C2. The number of rotatable bonds is 9. The van der Waals surface area contributed by atoms with E-state index in [1.165, 1.54) is 42.8 Å². The Morgan fingerprint density at radius 2 is 1.95 bits per heavy atom. The molecule has 0 aromatic carbocycles. The summed E-state index contributed by atoms with van der Waals surface area (Å²) < 4.78 is 28.7. The van der Waals surface area contributed by atoms with Crippen molar-refractivity contribution in [1.82, 2.24) is 14.3 Å². The minimum Gasteiger partial charge on any atom is -0.314 e. The lowest BCUT2D eigenvalue weighted by molar-refractivity contribution is 0.329. The van der Waals surface area contributed by atoms with Crippen LogP contribution in [0.4, 0.5) is 0 Å². The first-order chi connectivity index (χ1) is 10.0. The van der Waals surface area contributed by atoms with Crippen LogP contribution >= 0.6 is 0 Å². The first-order valence-corrected chi connectivity index (χ1v) is 9.93. The fourth-order valence-corrected chi connectivity index (χ4v) is 4.98. The summed E-state index contributed by atoms with van der Waals surface area (Å²) in [5.41, 5.74) is 0. The van der Waals surface area contributed by atoms with Gasteiger partial charge in [0.1, 0.15) is 0 Å². The smallest absolute Gasteiger partial charge is 0.279 e. The second-order valence-corrected chi connectivity index (χ2v) is 9.05. The van der Waals surface area contributed by atoms with Crippen LogP contribution in [0.3, 0.4) is 0 Å². The molecule has 3 rings (SSSR count). The van der Waals surface area contributed by atoms with Gasteiger partial charge in [0.25, 0.3) is 10.2 Å². The topological polar surface area (TPSA) is 61.4 Å². The summed E-state index contributed by atoms with van der Waals surface area (Å²) in [6, 6.07) is 0.697. The maximum Gasteiger partial charge on any atom is 0.279 e. The summed E-state index contributed by atoms with van der Waals surface area (Å²) >= 11 is 0. The van der Waals surface area contributed by atoms with Gasteiger partial charge in [-0.15, -0.1) is 0 Å². The highest BCUT2D eigenvalue weighted by Gasteiger charge is 2.39. The van der Waals surface area contributed by atoms with Crippen LogP contribution in [-0.2, 0) is 10.2 Å². The number of nitrogens with zero attached hydrogens (tertiary/aromatic N) is 1. The largest absolute Gasteiger partial charge is 0.314 e. The molecule has 0 aromatic rings. The van der Waals surface area contributed by atoms with Gasteiger partial charge in [0.2, 0.25) is 0 Å². The predicted molar refractivity (Wildman–Crippen MR) is 84.1 cm³/mol. The molecule has 2 N–H and O–H groups in total. The number of fused-ring (bicyclic) bond motifs is 2. The molecule has 0 radical (unpaired) electrons. The Balaban J connectivity index is 1.36. The first-order valence-electron chi connectivity index (χ1n) is 8.49. The second kappa shape index (κ2) is 6.52. The van der Waals surface area contributed by atoms with Gasteiger partial charge in [0.05, 0.1) is 0 Å². The standard InChI is InChI=1S/C15H29N3O2S/c1-18(8-2-7-16-15-5-6-15)21(19,20)17-11-14-10-12-3-4-13(14)9-12/h12-17H,2-11H2,1H3. The van der Waals surface area contributed by atoms with Crippen molar-refractivity contribution in [2.45, 2.75) is 51.0 Å². The van der Waals surface area contributed by atoms with E-state index >= 15 is 0 Å². The molecule has 3 fully saturated rings. The summed E-state index contributed by atoms with van der Waals surface area (Å²) in [6.45, 7) is 2.14. The van der Waals surface area contributed by atoms with E-state index in [0.29, 0.717) is 25.0 Å². The Morgan fingerprint density at radius 1 is 1.14 bits per heavy atom. The molecule has 0 aromatic heterocycles. The Bertz CT molecular complexity index is 450. The van der Waals surface area contributed by atoms with Crippen LogP contribution < -0.4 is 10.0 Å². The zero-order valence-electron chi connectivity index (χ0n) is 13.1. The molecule has 0 heterocycles. The third-order valence-electron chi connectivity index (χ3n) is 5.48. The van der Waals surface area contributed by atoms with Crippen LogP contribution in [0.1, 0.15) is 44.9 Å². The van der Waals surface area contributed by atoms with Gasteiger partial charge in [-0.1, -0.05) is 6.42 Å². The number of hydrogen-bond acceptors (Lipinski definition) is 3. The highest BCUT2D eigenvalue weighted by Crippen LogP contribution is 2.47. The number of hydrogen-bond donors (Lipinski definition) is 2. The van der Waals surface area contributed by atoms with Gasteiger partial charge in [-0.2, -0.15) is 12.7 Å². The Morgan fingerprint density at radius 3 is 2.57 bits per heavy atom. The molecule has 0 saturated heterocycles. The van der Waals surface area contributed by atoms with Gasteiger partial charge in [0.15, 0.2) is 0 Å². The van der Waals surface area contributed by atoms with Gasteiger partial charge in [0, 0.05) is 26.2 Å². The van der Waals surface area contributed by atoms with E-state index in [0.717, 1.165) is 24.8 Å². The molecule has 0 spiro atoms. The summed E-state index contributed by atoms with van der Waals surface area (Å²) in [5.74, 6) is 2.21. The van der Waals surface area contributed by atoms with Crippen LogP contribution in [0.2, 0.25) is 0 Å². The van der Waals surface area contributed by atoms with Crippen LogP contribution in [0, 0.1) is 17.8 Å². The van der Waals surface area contributed by atoms with Crippen molar-refractivity contribution in [2.24, 2.45) is 17.8 Å². The van der Waals surface area contributed by atoms with Gasteiger partial charge >= 0.3 is 0 Å². The summed E-state index contributed by atoms with van der Waals surface area (Å²) in [4.78, 5) is 0. The Kier molecular flexibility index (Phi) is 4.88. The van der Waals surface area contributed by atoms with Crippen LogP contribution in [0.5, 0.6) is 0 Å². The highest BCUT2D eigenvalue weighted by molar-refractivity contribution is 7.87. The van der Waals surface area contributed by atoms with Crippen molar-refractivity contribution < 1.29 is 8.42 Å². The highest BCUT2D eigenvalue weighted by atomic mass is 32.2. The molecule has 6 heteroatoms. The third-order valence-corrected chi connectivity index (χ3v) is 7.02. The average molecular weight is 315 g/mol. The van der Waals surface area contributed by atoms with Crippen LogP contribution in [0.15, 0.2) is 0 Å². The summed E-state index contributed by atoms with van der Waals surface area (Å²) in [6.07, 6.45) is 8.65. The normalized spacial score (nSPS) is 32.2. The van der Waals surface area contributed by atoms with Gasteiger partial charge in [-0.3, -0.25) is 0 Å². The van der Waals surface area contributed by atoms with Crippen molar-refractivity contribution in [1.29, 1.82) is 0 Å². The monoisotopic (exact) mass is 315 g/mol. The molecule has 21 heavy (non-hydrogen) atoms. The molecule has 3 aliphatic rings. The molecule has 3 atom stereocenters. The minimum absolute atomic E-state index is 0.573. The van der Waals surface area contributed by atoms with E-state index in [2.05, 4.69) is 10.0 Å². The van der Waals surface area contributed by atoms with Crippen molar-refractivity contribution >= 4 is 10.2 Å². The summed E-state index contributed by atoms with van der Waals surface area (Å²) in [5, 5.41) is 3.42. The van der Waals surface area contributed by atoms with E-state index < -0.39 is 10.2 Å². The predicted octanol–water partition coefficient (Wildman–Crippen LogP) is 1.33. The summed E-state index contributed by atoms with van der Waals surface area (Å²) in [7, 11) is -1.61. The second-order valence-electron chi connectivity index (χ2n) is 7.19. The van der Waals surface area contributed by atoms with E-state index in [1.54, 1.807) is 7.05 Å². The lowest BCUT2D eigenvalue weighted by Gasteiger charge is -2.24. The fourth-order valence-electron chi connectivity index (χ4n) is 3.96. The molecule has 0 aliphatic heterocycles. The first kappa shape index (κ1) is 15.7. The lowest BCUT2D eigenvalue weighted by Crippen LogP contribution is -2.42. The minimum atomic E-state index is -3.29. The number of nitrogens with one attached hydrogen (secondary N) is 2.